The Morgan fingerprint density at radius 1 is 0.956 bits per heavy atom. The highest BCUT2D eigenvalue weighted by Gasteiger charge is 2.28. The highest BCUT2D eigenvalue weighted by molar-refractivity contribution is 7.17. The third kappa shape index (κ3) is 7.59. The third-order valence-electron chi connectivity index (χ3n) is 6.81. The van der Waals surface area contributed by atoms with Crippen LogP contribution in [0.25, 0.3) is 0 Å². The average molecular weight is 640 g/mol. The van der Waals surface area contributed by atoms with Crippen LogP contribution >= 0.6 is 11.3 Å². The molecule has 0 unspecified atom stereocenters. The monoisotopic (exact) mass is 639 g/mol. The summed E-state index contributed by atoms with van der Waals surface area (Å²) in [5.74, 6) is -2.66. The van der Waals surface area contributed by atoms with Crippen LogP contribution in [-0.4, -0.2) is 47.1 Å². The molecule has 0 radical (unpaired) electrons. The summed E-state index contributed by atoms with van der Waals surface area (Å²) in [5, 5.41) is 29.3. The molecule has 1 aliphatic rings. The van der Waals surface area contributed by atoms with Gasteiger partial charge in [-0.25, -0.2) is 10.2 Å². The molecule has 1 aliphatic carbocycles. The number of carbonyl (C=O) groups excluding carboxylic acids is 3. The maximum absolute atomic E-state index is 12.8. The van der Waals surface area contributed by atoms with Crippen LogP contribution in [0.4, 0.5) is 16.4 Å². The highest BCUT2D eigenvalue weighted by Crippen LogP contribution is 2.39. The van der Waals surface area contributed by atoms with Crippen molar-refractivity contribution in [3.63, 3.8) is 0 Å². The Morgan fingerprint density at radius 2 is 1.69 bits per heavy atom. The van der Waals surface area contributed by atoms with Crippen LogP contribution in [0, 0.1) is 20.2 Å². The fourth-order valence-corrected chi connectivity index (χ4v) is 5.88. The number of hydrogen-bond acceptors (Lipinski definition) is 12. The van der Waals surface area contributed by atoms with Crippen LogP contribution in [0.1, 0.15) is 59.5 Å². The van der Waals surface area contributed by atoms with Crippen molar-refractivity contribution < 1.29 is 38.4 Å². The van der Waals surface area contributed by atoms with E-state index >= 15 is 0 Å². The molecule has 4 rings (SSSR count). The van der Waals surface area contributed by atoms with Crippen molar-refractivity contribution >= 4 is 51.2 Å². The van der Waals surface area contributed by atoms with Gasteiger partial charge in [0.15, 0.2) is 11.5 Å². The van der Waals surface area contributed by atoms with Gasteiger partial charge in [0.1, 0.15) is 5.00 Å². The predicted molar refractivity (Wildman–Crippen MR) is 163 cm³/mol. The summed E-state index contributed by atoms with van der Waals surface area (Å²) >= 11 is 1.27. The highest BCUT2D eigenvalue weighted by atomic mass is 32.1. The van der Waals surface area contributed by atoms with Crippen molar-refractivity contribution in [3.05, 3.63) is 78.2 Å². The smallest absolute Gasteiger partial charge is 0.341 e. The number of esters is 1. The Morgan fingerprint density at radius 3 is 2.38 bits per heavy atom. The fourth-order valence-electron chi connectivity index (χ4n) is 4.60. The van der Waals surface area contributed by atoms with Gasteiger partial charge in [0, 0.05) is 16.5 Å². The Labute approximate surface area is 260 Å². The summed E-state index contributed by atoms with van der Waals surface area (Å²) in [6.45, 7) is 3.42. The molecule has 3 aromatic rings. The zero-order chi connectivity index (χ0) is 32.7. The van der Waals surface area contributed by atoms with E-state index in [1.165, 1.54) is 36.6 Å². The van der Waals surface area contributed by atoms with E-state index < -0.39 is 39.0 Å². The number of amides is 2. The van der Waals surface area contributed by atoms with Gasteiger partial charge < -0.3 is 19.5 Å². The van der Waals surface area contributed by atoms with Crippen LogP contribution in [0.2, 0.25) is 0 Å². The molecule has 0 aliphatic heterocycles. The number of anilines is 1. The normalized spacial score (nSPS) is 12.7. The standard InChI is InChI=1S/C29H29N5O10S/c1-4-43-29(37)25-19-8-6-5-7-9-24(19)45-28(25)30-26(35)27(36)32-31-16(2)17-10-12-22(23(14-17)42-3)44-21-13-11-18(33(38)39)15-20(21)34(40)41/h10-15H,4-9H2,1-3H3,(H,30,35)(H,32,36). The molecule has 2 N–H and O–H groups in total. The molecule has 15 nitrogen and oxygen atoms in total. The van der Waals surface area contributed by atoms with Gasteiger partial charge in [-0.2, -0.15) is 5.10 Å². The van der Waals surface area contributed by atoms with E-state index in [4.69, 9.17) is 14.2 Å². The molecule has 0 spiro atoms. The minimum atomic E-state index is -1.06. The van der Waals surface area contributed by atoms with Crippen molar-refractivity contribution in [3.8, 4) is 17.2 Å². The first-order valence-corrected chi connectivity index (χ1v) is 14.6. The Kier molecular flexibility index (Phi) is 10.4. The number of nitro benzene ring substituents is 2. The van der Waals surface area contributed by atoms with E-state index in [0.29, 0.717) is 12.0 Å². The summed E-state index contributed by atoms with van der Waals surface area (Å²) in [4.78, 5) is 60.1. The molecular weight excluding hydrogens is 610 g/mol. The molecular formula is C29H29N5O10S. The van der Waals surface area contributed by atoms with E-state index in [9.17, 15) is 34.6 Å². The van der Waals surface area contributed by atoms with Gasteiger partial charge >= 0.3 is 23.5 Å². The zero-order valence-electron chi connectivity index (χ0n) is 24.5. The largest absolute Gasteiger partial charge is 0.493 e. The topological polar surface area (TPSA) is 202 Å². The van der Waals surface area contributed by atoms with Crippen molar-refractivity contribution in [2.24, 2.45) is 5.10 Å². The average Bonchev–Trinajstić information content (AvgIpc) is 3.19. The first kappa shape index (κ1) is 32.5. The summed E-state index contributed by atoms with van der Waals surface area (Å²) in [6, 6.07) is 7.43. The molecule has 0 fully saturated rings. The number of rotatable bonds is 10. The number of nitrogens with zero attached hydrogens (tertiary/aromatic N) is 3. The SMILES string of the molecule is CCOC(=O)c1c(NC(=O)C(=O)NN=C(C)c2ccc(Oc3ccc([N+](=O)[O-])cc3[N+](=O)[O-])c(OC)c2)sc2c1CCCCC2. The second-order valence-electron chi connectivity index (χ2n) is 9.72. The lowest BCUT2D eigenvalue weighted by Crippen LogP contribution is -2.33. The van der Waals surface area contributed by atoms with Crippen LogP contribution in [-0.2, 0) is 27.2 Å². The quantitative estimate of drug-likeness (QED) is 0.0733. The van der Waals surface area contributed by atoms with E-state index in [-0.39, 0.29) is 40.1 Å². The molecule has 45 heavy (non-hydrogen) atoms. The molecule has 1 heterocycles. The van der Waals surface area contributed by atoms with Gasteiger partial charge in [0.2, 0.25) is 5.75 Å². The number of fused-ring (bicyclic) bond motifs is 1. The molecule has 1 aromatic heterocycles. The van der Waals surface area contributed by atoms with E-state index in [2.05, 4.69) is 15.8 Å². The van der Waals surface area contributed by atoms with Gasteiger partial charge in [-0.15, -0.1) is 11.3 Å². The first-order chi connectivity index (χ1) is 21.5. The number of carbonyl (C=O) groups is 3. The number of aryl methyl sites for hydroxylation is 1. The summed E-state index contributed by atoms with van der Waals surface area (Å²) in [7, 11) is 1.34. The number of non-ortho nitro benzene ring substituents is 1. The minimum absolute atomic E-state index is 0.0705. The number of nitro groups is 2. The number of ether oxygens (including phenoxy) is 3. The lowest BCUT2D eigenvalue weighted by atomic mass is 10.1. The second-order valence-corrected chi connectivity index (χ2v) is 10.8. The number of hydrazone groups is 1. The fraction of sp³-hybridized carbons (Fsp3) is 0.310. The Balaban J connectivity index is 1.48. The lowest BCUT2D eigenvalue weighted by molar-refractivity contribution is -0.394. The van der Waals surface area contributed by atoms with Gasteiger partial charge in [-0.05, 0) is 69.4 Å². The summed E-state index contributed by atoms with van der Waals surface area (Å²) in [5.41, 5.74) is 2.98. The minimum Gasteiger partial charge on any atom is -0.493 e. The molecule has 0 bridgehead atoms. The third-order valence-corrected chi connectivity index (χ3v) is 8.02. The van der Waals surface area contributed by atoms with Crippen molar-refractivity contribution in [1.29, 1.82) is 0 Å². The molecule has 2 aromatic carbocycles. The molecule has 2 amide bonds. The number of methoxy groups -OCH3 is 1. The van der Waals surface area contributed by atoms with Crippen molar-refractivity contribution in [2.75, 3.05) is 19.0 Å². The molecule has 0 saturated carbocycles. The number of hydrogen-bond donors (Lipinski definition) is 2. The molecule has 0 atom stereocenters. The number of benzene rings is 2. The van der Waals surface area contributed by atoms with Crippen molar-refractivity contribution in [2.45, 2.75) is 46.0 Å². The van der Waals surface area contributed by atoms with Gasteiger partial charge in [0.05, 0.1) is 40.9 Å². The van der Waals surface area contributed by atoms with Gasteiger partial charge in [0.25, 0.3) is 5.69 Å². The maximum atomic E-state index is 12.8. The second kappa shape index (κ2) is 14.4. The Bertz CT molecular complexity index is 1700. The molecule has 236 valence electrons. The zero-order valence-corrected chi connectivity index (χ0v) is 25.4. The van der Waals surface area contributed by atoms with Gasteiger partial charge in [-0.3, -0.25) is 29.8 Å². The first-order valence-electron chi connectivity index (χ1n) is 13.8. The number of thiophene rings is 1. The summed E-state index contributed by atoms with van der Waals surface area (Å²) in [6.07, 6.45) is 4.37. The predicted octanol–water partition coefficient (Wildman–Crippen LogP) is 5.29. The lowest BCUT2D eigenvalue weighted by Gasteiger charge is -2.12. The van der Waals surface area contributed by atoms with Crippen LogP contribution < -0.4 is 20.2 Å². The van der Waals surface area contributed by atoms with E-state index in [1.54, 1.807) is 13.8 Å². The van der Waals surface area contributed by atoms with Gasteiger partial charge in [-0.1, -0.05) is 6.42 Å². The van der Waals surface area contributed by atoms with E-state index in [0.717, 1.165) is 54.3 Å². The molecule has 0 saturated heterocycles. The Hall–Kier alpha value is -5.38. The maximum Gasteiger partial charge on any atom is 0.341 e. The van der Waals surface area contributed by atoms with Crippen LogP contribution in [0.5, 0.6) is 17.2 Å². The number of nitrogens with one attached hydrogen (secondary N) is 2. The van der Waals surface area contributed by atoms with Crippen LogP contribution in [0.3, 0.4) is 0 Å². The van der Waals surface area contributed by atoms with Crippen molar-refractivity contribution in [1.82, 2.24) is 5.43 Å². The van der Waals surface area contributed by atoms with E-state index in [1.807, 2.05) is 0 Å². The molecule has 16 heteroatoms. The van der Waals surface area contributed by atoms with Crippen LogP contribution in [0.15, 0.2) is 41.5 Å². The summed E-state index contributed by atoms with van der Waals surface area (Å²) < 4.78 is 16.2.